The Kier molecular flexibility index (Phi) is 4.47. The zero-order valence-corrected chi connectivity index (χ0v) is 11.4. The number of alkyl halides is 3. The van der Waals surface area contributed by atoms with Crippen LogP contribution >= 0.6 is 11.8 Å². The first kappa shape index (κ1) is 15.0. The van der Waals surface area contributed by atoms with E-state index < -0.39 is 17.7 Å². The Labute approximate surface area is 118 Å². The molecular weight excluding hydrogens is 291 g/mol. The van der Waals surface area contributed by atoms with Crippen LogP contribution in [0.25, 0.3) is 0 Å². The summed E-state index contributed by atoms with van der Waals surface area (Å²) < 4.78 is 37.5. The third kappa shape index (κ3) is 3.59. The van der Waals surface area contributed by atoms with Crippen LogP contribution in [-0.2, 0) is 11.0 Å². The maximum absolute atomic E-state index is 12.5. The van der Waals surface area contributed by atoms with Gasteiger partial charge in [0.2, 0.25) is 0 Å². The average Bonchev–Trinajstić information content (AvgIpc) is 2.38. The van der Waals surface area contributed by atoms with Crippen molar-refractivity contribution < 1.29 is 23.1 Å². The van der Waals surface area contributed by atoms with Crippen molar-refractivity contribution in [2.75, 3.05) is 23.0 Å². The SMILES string of the molecule is O=C(O)CC1CSCCN1c1ccc(C(F)(F)F)cc1. The molecule has 1 unspecified atom stereocenters. The maximum atomic E-state index is 12.5. The first-order valence-electron chi connectivity index (χ1n) is 6.11. The van der Waals surface area contributed by atoms with Gasteiger partial charge in [-0.25, -0.2) is 0 Å². The highest BCUT2D eigenvalue weighted by Crippen LogP contribution is 2.32. The van der Waals surface area contributed by atoms with Gasteiger partial charge >= 0.3 is 12.1 Å². The summed E-state index contributed by atoms with van der Waals surface area (Å²) in [5.41, 5.74) is -0.0491. The lowest BCUT2D eigenvalue weighted by Crippen LogP contribution is -2.43. The Morgan fingerprint density at radius 2 is 2.00 bits per heavy atom. The maximum Gasteiger partial charge on any atom is 0.416 e. The summed E-state index contributed by atoms with van der Waals surface area (Å²) in [6.45, 7) is 0.647. The van der Waals surface area contributed by atoms with Gasteiger partial charge in [-0.05, 0) is 24.3 Å². The minimum Gasteiger partial charge on any atom is -0.481 e. The molecule has 0 aliphatic carbocycles. The molecule has 110 valence electrons. The van der Waals surface area contributed by atoms with E-state index in [2.05, 4.69) is 0 Å². The van der Waals surface area contributed by atoms with Crippen molar-refractivity contribution in [2.24, 2.45) is 0 Å². The van der Waals surface area contributed by atoms with Gasteiger partial charge in [-0.2, -0.15) is 24.9 Å². The number of halogens is 3. The van der Waals surface area contributed by atoms with Crippen LogP contribution < -0.4 is 4.90 Å². The summed E-state index contributed by atoms with van der Waals surface area (Å²) in [6.07, 6.45) is -4.36. The molecule has 1 aromatic carbocycles. The number of anilines is 1. The highest BCUT2D eigenvalue weighted by atomic mass is 32.2. The lowest BCUT2D eigenvalue weighted by Gasteiger charge is -2.36. The van der Waals surface area contributed by atoms with E-state index in [4.69, 9.17) is 5.11 Å². The van der Waals surface area contributed by atoms with E-state index in [0.717, 1.165) is 17.9 Å². The van der Waals surface area contributed by atoms with E-state index in [1.807, 2.05) is 4.90 Å². The molecule has 1 aliphatic rings. The minimum absolute atomic E-state index is 0.00593. The molecule has 1 fully saturated rings. The predicted octanol–water partition coefficient (Wildman–Crippen LogP) is 3.10. The summed E-state index contributed by atoms with van der Waals surface area (Å²) in [4.78, 5) is 12.7. The Balaban J connectivity index is 2.17. The number of carbonyl (C=O) groups is 1. The van der Waals surface area contributed by atoms with Crippen molar-refractivity contribution in [2.45, 2.75) is 18.6 Å². The standard InChI is InChI=1S/C13H14F3NO2S/c14-13(15,16)9-1-3-10(4-2-9)17-5-6-20-8-11(17)7-12(18)19/h1-4,11H,5-8H2,(H,18,19). The first-order chi connectivity index (χ1) is 9.38. The van der Waals surface area contributed by atoms with Gasteiger partial charge in [0.15, 0.2) is 0 Å². The summed E-state index contributed by atoms with van der Waals surface area (Å²) in [7, 11) is 0. The molecule has 3 nitrogen and oxygen atoms in total. The molecule has 0 saturated carbocycles. The Morgan fingerprint density at radius 1 is 1.35 bits per heavy atom. The zero-order valence-electron chi connectivity index (χ0n) is 10.6. The molecule has 0 aromatic heterocycles. The molecule has 1 aliphatic heterocycles. The molecule has 0 amide bonds. The number of hydrogen-bond donors (Lipinski definition) is 1. The van der Waals surface area contributed by atoms with Gasteiger partial charge in [0.25, 0.3) is 0 Å². The smallest absolute Gasteiger partial charge is 0.416 e. The van der Waals surface area contributed by atoms with Crippen molar-refractivity contribution in [3.05, 3.63) is 29.8 Å². The Hall–Kier alpha value is -1.37. The fourth-order valence-electron chi connectivity index (χ4n) is 2.21. The second-order valence-electron chi connectivity index (χ2n) is 4.56. The molecule has 1 heterocycles. The van der Waals surface area contributed by atoms with E-state index in [0.29, 0.717) is 18.0 Å². The second kappa shape index (κ2) is 5.95. The molecule has 1 N–H and O–H groups in total. The molecule has 20 heavy (non-hydrogen) atoms. The molecule has 1 saturated heterocycles. The first-order valence-corrected chi connectivity index (χ1v) is 7.27. The number of benzene rings is 1. The number of hydrogen-bond acceptors (Lipinski definition) is 3. The zero-order chi connectivity index (χ0) is 14.8. The number of nitrogens with zero attached hydrogens (tertiary/aromatic N) is 1. The third-order valence-corrected chi connectivity index (χ3v) is 4.26. The van der Waals surface area contributed by atoms with Gasteiger partial charge in [-0.1, -0.05) is 0 Å². The number of carboxylic acids is 1. The van der Waals surface area contributed by atoms with Crippen molar-refractivity contribution in [1.82, 2.24) is 0 Å². The van der Waals surface area contributed by atoms with E-state index in [-0.39, 0.29) is 12.5 Å². The van der Waals surface area contributed by atoms with Gasteiger partial charge in [-0.15, -0.1) is 0 Å². The quantitative estimate of drug-likeness (QED) is 0.931. The van der Waals surface area contributed by atoms with Crippen molar-refractivity contribution in [3.63, 3.8) is 0 Å². The third-order valence-electron chi connectivity index (χ3n) is 3.16. The van der Waals surface area contributed by atoms with Crippen molar-refractivity contribution in [1.29, 1.82) is 0 Å². The summed E-state index contributed by atoms with van der Waals surface area (Å²) in [6, 6.07) is 4.72. The van der Waals surface area contributed by atoms with Crippen LogP contribution in [0, 0.1) is 0 Å². The van der Waals surface area contributed by atoms with Crippen LogP contribution in [0.15, 0.2) is 24.3 Å². The fourth-order valence-corrected chi connectivity index (χ4v) is 3.27. The topological polar surface area (TPSA) is 40.5 Å². The van der Waals surface area contributed by atoms with E-state index in [1.165, 1.54) is 12.1 Å². The van der Waals surface area contributed by atoms with Crippen LogP contribution in [0.3, 0.4) is 0 Å². The summed E-state index contributed by atoms with van der Waals surface area (Å²) >= 11 is 1.67. The molecule has 1 aromatic rings. The lowest BCUT2D eigenvalue weighted by molar-refractivity contribution is -0.138. The van der Waals surface area contributed by atoms with Crippen LogP contribution in [0.4, 0.5) is 18.9 Å². The molecule has 7 heteroatoms. The fraction of sp³-hybridized carbons (Fsp3) is 0.462. The van der Waals surface area contributed by atoms with Gasteiger partial charge in [0.05, 0.1) is 12.0 Å². The molecule has 2 rings (SSSR count). The van der Waals surface area contributed by atoms with Crippen LogP contribution in [-0.4, -0.2) is 35.2 Å². The van der Waals surface area contributed by atoms with Crippen molar-refractivity contribution >= 4 is 23.4 Å². The average molecular weight is 305 g/mol. The van der Waals surface area contributed by atoms with Crippen LogP contribution in [0.1, 0.15) is 12.0 Å². The second-order valence-corrected chi connectivity index (χ2v) is 5.71. The molecule has 1 atom stereocenters. The van der Waals surface area contributed by atoms with Crippen LogP contribution in [0.2, 0.25) is 0 Å². The predicted molar refractivity (Wildman–Crippen MR) is 72.2 cm³/mol. The highest BCUT2D eigenvalue weighted by molar-refractivity contribution is 7.99. The lowest BCUT2D eigenvalue weighted by atomic mass is 10.1. The summed E-state index contributed by atoms with van der Waals surface area (Å²) in [5.74, 6) is 0.624. The molecule has 0 radical (unpaired) electrons. The Morgan fingerprint density at radius 3 is 2.55 bits per heavy atom. The number of thioether (sulfide) groups is 1. The van der Waals surface area contributed by atoms with E-state index >= 15 is 0 Å². The molecule has 0 bridgehead atoms. The molecule has 0 spiro atoms. The number of rotatable bonds is 3. The summed E-state index contributed by atoms with van der Waals surface area (Å²) in [5, 5.41) is 8.90. The van der Waals surface area contributed by atoms with E-state index in [9.17, 15) is 18.0 Å². The largest absolute Gasteiger partial charge is 0.481 e. The Bertz CT molecular complexity index is 475. The number of carboxylic acid groups (broad SMARTS) is 1. The monoisotopic (exact) mass is 305 g/mol. The minimum atomic E-state index is -4.35. The van der Waals surface area contributed by atoms with Gasteiger partial charge in [-0.3, -0.25) is 4.79 Å². The van der Waals surface area contributed by atoms with Crippen molar-refractivity contribution in [3.8, 4) is 0 Å². The van der Waals surface area contributed by atoms with Crippen LogP contribution in [0.5, 0.6) is 0 Å². The number of aliphatic carboxylic acids is 1. The van der Waals surface area contributed by atoms with Gasteiger partial charge < -0.3 is 10.0 Å². The molecular formula is C13H14F3NO2S. The normalized spacial score (nSPS) is 19.9. The van der Waals surface area contributed by atoms with E-state index in [1.54, 1.807) is 11.8 Å². The van der Waals surface area contributed by atoms with Gasteiger partial charge in [0.1, 0.15) is 0 Å². The highest BCUT2D eigenvalue weighted by Gasteiger charge is 2.31. The van der Waals surface area contributed by atoms with Gasteiger partial charge in [0, 0.05) is 29.8 Å².